The zero-order chi connectivity index (χ0) is 24.4. The van der Waals surface area contributed by atoms with Gasteiger partial charge in [0.25, 0.3) is 5.56 Å². The maximum absolute atomic E-state index is 13.0. The van der Waals surface area contributed by atoms with Gasteiger partial charge in [-0.2, -0.15) is 5.10 Å². The lowest BCUT2D eigenvalue weighted by Gasteiger charge is -2.26. The van der Waals surface area contributed by atoms with Crippen LogP contribution in [-0.4, -0.2) is 36.1 Å². The van der Waals surface area contributed by atoms with Gasteiger partial charge < -0.3 is 19.2 Å². The Morgan fingerprint density at radius 3 is 2.89 bits per heavy atom. The van der Waals surface area contributed by atoms with Crippen LogP contribution < -0.4 is 5.56 Å². The van der Waals surface area contributed by atoms with Gasteiger partial charge in [0.05, 0.1) is 31.7 Å². The van der Waals surface area contributed by atoms with Crippen LogP contribution in [0.2, 0.25) is 25.7 Å². The summed E-state index contributed by atoms with van der Waals surface area (Å²) in [5.41, 5.74) is 3.78. The fourth-order valence-electron chi connectivity index (χ4n) is 4.11. The SMILES string of the molecule is C[Si](C)(C)CCOCn1cc(-c2cc3c4c([nH]c(=O)c3s2)C(OCc2ccccc2)COC4)cn1. The molecule has 3 aromatic heterocycles. The molecule has 0 radical (unpaired) electrons. The lowest BCUT2D eigenvalue weighted by molar-refractivity contribution is -0.0472. The van der Waals surface area contributed by atoms with E-state index in [-0.39, 0.29) is 11.7 Å². The molecule has 1 N–H and O–H groups in total. The summed E-state index contributed by atoms with van der Waals surface area (Å²) in [5, 5.41) is 5.38. The summed E-state index contributed by atoms with van der Waals surface area (Å²) in [7, 11) is -1.11. The molecule has 1 aliphatic heterocycles. The first kappa shape index (κ1) is 24.1. The zero-order valence-electron chi connectivity index (χ0n) is 20.4. The number of thiophene rings is 1. The molecular weight excluding hydrogens is 478 g/mol. The van der Waals surface area contributed by atoms with Crippen molar-refractivity contribution < 1.29 is 14.2 Å². The van der Waals surface area contributed by atoms with E-state index < -0.39 is 8.07 Å². The highest BCUT2D eigenvalue weighted by molar-refractivity contribution is 7.22. The number of aromatic amines is 1. The van der Waals surface area contributed by atoms with E-state index in [9.17, 15) is 4.79 Å². The monoisotopic (exact) mass is 509 g/mol. The van der Waals surface area contributed by atoms with Gasteiger partial charge in [0.1, 0.15) is 17.5 Å². The minimum Gasteiger partial charge on any atom is -0.374 e. The van der Waals surface area contributed by atoms with Crippen molar-refractivity contribution in [1.82, 2.24) is 14.8 Å². The van der Waals surface area contributed by atoms with Crippen LogP contribution in [0, 0.1) is 0 Å². The summed E-state index contributed by atoms with van der Waals surface area (Å²) in [6, 6.07) is 13.2. The highest BCUT2D eigenvalue weighted by Gasteiger charge is 2.26. The summed E-state index contributed by atoms with van der Waals surface area (Å²) in [4.78, 5) is 17.1. The van der Waals surface area contributed by atoms with E-state index in [1.54, 1.807) is 4.68 Å². The van der Waals surface area contributed by atoms with Crippen LogP contribution in [0.15, 0.2) is 53.6 Å². The first-order valence-corrected chi connectivity index (χ1v) is 16.4. The van der Waals surface area contributed by atoms with Gasteiger partial charge in [-0.3, -0.25) is 4.79 Å². The number of nitrogens with zero attached hydrogens (tertiary/aromatic N) is 2. The lowest BCUT2D eigenvalue weighted by atomic mass is 10.0. The molecule has 0 aliphatic carbocycles. The average Bonchev–Trinajstić information content (AvgIpc) is 3.49. The number of hydrogen-bond acceptors (Lipinski definition) is 6. The number of hydrogen-bond donors (Lipinski definition) is 1. The largest absolute Gasteiger partial charge is 0.374 e. The Morgan fingerprint density at radius 2 is 2.09 bits per heavy atom. The Morgan fingerprint density at radius 1 is 1.26 bits per heavy atom. The van der Waals surface area contributed by atoms with E-state index in [2.05, 4.69) is 35.8 Å². The molecule has 1 aromatic carbocycles. The molecule has 1 unspecified atom stereocenters. The van der Waals surface area contributed by atoms with Crippen LogP contribution in [0.3, 0.4) is 0 Å². The lowest BCUT2D eigenvalue weighted by Crippen LogP contribution is -2.24. The fraction of sp³-hybridized carbons (Fsp3) is 0.385. The molecular formula is C26H31N3O4SSi. The summed E-state index contributed by atoms with van der Waals surface area (Å²) in [6.07, 6.45) is 3.49. The van der Waals surface area contributed by atoms with E-state index in [0.29, 0.717) is 31.3 Å². The number of benzene rings is 1. The molecule has 1 aliphatic rings. The topological polar surface area (TPSA) is 78.4 Å². The molecule has 184 valence electrons. The molecule has 0 bridgehead atoms. The predicted octanol–water partition coefficient (Wildman–Crippen LogP) is 5.55. The first-order chi connectivity index (χ1) is 16.9. The van der Waals surface area contributed by atoms with Crippen molar-refractivity contribution in [3.63, 3.8) is 0 Å². The minimum atomic E-state index is -1.11. The Balaban J connectivity index is 1.35. The van der Waals surface area contributed by atoms with Gasteiger partial charge in [-0.15, -0.1) is 11.3 Å². The smallest absolute Gasteiger partial charge is 0.266 e. The number of rotatable bonds is 9. The van der Waals surface area contributed by atoms with Crippen molar-refractivity contribution in [3.8, 4) is 10.4 Å². The third-order valence-corrected chi connectivity index (χ3v) is 8.99. The maximum atomic E-state index is 13.0. The van der Waals surface area contributed by atoms with Crippen LogP contribution >= 0.6 is 11.3 Å². The number of aromatic nitrogens is 3. The van der Waals surface area contributed by atoms with Crippen molar-refractivity contribution in [1.29, 1.82) is 0 Å². The number of H-pyrrole nitrogens is 1. The Labute approximate surface area is 209 Å². The zero-order valence-corrected chi connectivity index (χ0v) is 22.2. The number of nitrogens with one attached hydrogen (secondary N) is 1. The second kappa shape index (κ2) is 10.2. The fourth-order valence-corrected chi connectivity index (χ4v) is 5.92. The molecule has 4 aromatic rings. The normalized spacial score (nSPS) is 16.0. The molecule has 0 spiro atoms. The second-order valence-corrected chi connectivity index (χ2v) is 16.8. The number of fused-ring (bicyclic) bond motifs is 3. The highest BCUT2D eigenvalue weighted by Crippen LogP contribution is 2.37. The Kier molecular flexibility index (Phi) is 7.04. The van der Waals surface area contributed by atoms with Crippen molar-refractivity contribution >= 4 is 29.5 Å². The Hall–Kier alpha value is -2.56. The van der Waals surface area contributed by atoms with Crippen LogP contribution in [0.5, 0.6) is 0 Å². The van der Waals surface area contributed by atoms with Gasteiger partial charge in [0.15, 0.2) is 0 Å². The highest BCUT2D eigenvalue weighted by atomic mass is 32.1. The van der Waals surface area contributed by atoms with E-state index in [1.807, 2.05) is 42.7 Å². The minimum absolute atomic E-state index is 0.0905. The number of pyridine rings is 1. The molecule has 7 nitrogen and oxygen atoms in total. The summed E-state index contributed by atoms with van der Waals surface area (Å²) in [6.45, 7) is 9.54. The van der Waals surface area contributed by atoms with E-state index in [1.165, 1.54) is 11.3 Å². The van der Waals surface area contributed by atoms with E-state index in [4.69, 9.17) is 14.2 Å². The quantitative estimate of drug-likeness (QED) is 0.236. The van der Waals surface area contributed by atoms with Gasteiger partial charge in [0, 0.05) is 42.3 Å². The van der Waals surface area contributed by atoms with Gasteiger partial charge in [0.2, 0.25) is 0 Å². The van der Waals surface area contributed by atoms with E-state index >= 15 is 0 Å². The molecule has 0 amide bonds. The van der Waals surface area contributed by atoms with Crippen LogP contribution in [-0.2, 0) is 34.2 Å². The summed E-state index contributed by atoms with van der Waals surface area (Å²) >= 11 is 1.48. The molecule has 9 heteroatoms. The van der Waals surface area contributed by atoms with Gasteiger partial charge in [-0.1, -0.05) is 50.0 Å². The average molecular weight is 510 g/mol. The molecule has 1 atom stereocenters. The van der Waals surface area contributed by atoms with Crippen LogP contribution in [0.4, 0.5) is 0 Å². The maximum Gasteiger partial charge on any atom is 0.266 e. The molecule has 0 fully saturated rings. The van der Waals surface area contributed by atoms with Crippen molar-refractivity contribution in [2.45, 2.75) is 51.7 Å². The third kappa shape index (κ3) is 5.65. The van der Waals surface area contributed by atoms with Gasteiger partial charge >= 0.3 is 0 Å². The summed E-state index contributed by atoms with van der Waals surface area (Å²) in [5.74, 6) is 0. The molecule has 35 heavy (non-hydrogen) atoms. The molecule has 4 heterocycles. The van der Waals surface area contributed by atoms with Crippen LogP contribution in [0.1, 0.15) is 22.9 Å². The van der Waals surface area contributed by atoms with E-state index in [0.717, 1.165) is 45.3 Å². The summed E-state index contributed by atoms with van der Waals surface area (Å²) < 4.78 is 20.3. The number of ether oxygens (including phenoxy) is 3. The molecule has 0 saturated carbocycles. The molecule has 5 rings (SSSR count). The predicted molar refractivity (Wildman–Crippen MR) is 141 cm³/mol. The second-order valence-electron chi connectivity index (χ2n) is 10.1. The standard InChI is InChI=1S/C26H31N3O4SSi/c1-35(2,3)10-9-31-17-29-13-19(12-27-29)23-11-20-21-15-32-16-22(24(21)28-26(30)25(20)34-23)33-14-18-7-5-4-6-8-18/h4-8,11-13,22H,9-10,14-17H2,1-3H3,(H,28,30). The first-order valence-electron chi connectivity index (χ1n) is 11.9. The van der Waals surface area contributed by atoms with Crippen molar-refractivity contribution in [3.05, 3.63) is 76.0 Å². The van der Waals surface area contributed by atoms with Crippen molar-refractivity contribution in [2.75, 3.05) is 13.2 Å². The molecule has 0 saturated heterocycles. The third-order valence-electron chi connectivity index (χ3n) is 6.11. The van der Waals surface area contributed by atoms with Gasteiger partial charge in [-0.25, -0.2) is 4.68 Å². The van der Waals surface area contributed by atoms with Crippen molar-refractivity contribution in [2.24, 2.45) is 0 Å². The van der Waals surface area contributed by atoms with Crippen LogP contribution in [0.25, 0.3) is 20.5 Å². The van der Waals surface area contributed by atoms with Gasteiger partial charge in [-0.05, 0) is 17.7 Å². The Bertz CT molecular complexity index is 1360.